The molecule has 0 N–H and O–H groups in total. The molecule has 10 heavy (non-hydrogen) atoms. The molecule has 0 aliphatic rings. The summed E-state index contributed by atoms with van der Waals surface area (Å²) in [5, 5.41) is 0. The van der Waals surface area contributed by atoms with Crippen LogP contribution < -0.4 is 0 Å². The molecule has 0 amide bonds. The van der Waals surface area contributed by atoms with Gasteiger partial charge in [0.25, 0.3) is 0 Å². The maximum absolute atomic E-state index is 4.24. The number of aryl methyl sites for hydroxylation is 3. The van der Waals surface area contributed by atoms with Gasteiger partial charge in [-0.25, -0.2) is 0 Å². The van der Waals surface area contributed by atoms with Gasteiger partial charge >= 0.3 is 0 Å². The molecule has 0 saturated carbocycles. The normalized spacial score (nSPS) is 8.70. The molecule has 0 saturated heterocycles. The van der Waals surface area contributed by atoms with Crippen LogP contribution in [0.2, 0.25) is 0 Å². The zero-order chi connectivity index (χ0) is 6.85. The molecule has 1 radical (unpaired) electrons. The number of pyridine rings is 1. The van der Waals surface area contributed by atoms with Crippen LogP contribution in [0.4, 0.5) is 0 Å². The van der Waals surface area contributed by atoms with Crippen molar-refractivity contribution >= 4 is 0 Å². The summed E-state index contributed by atoms with van der Waals surface area (Å²) in [6.45, 7) is 5.99. The van der Waals surface area contributed by atoms with E-state index >= 15 is 0 Å². The molecule has 0 aromatic carbocycles. The summed E-state index contributed by atoms with van der Waals surface area (Å²) >= 11 is 0. The zero-order valence-electron chi connectivity index (χ0n) is 6.60. The van der Waals surface area contributed by atoms with Crippen molar-refractivity contribution < 1.29 is 32.7 Å². The van der Waals surface area contributed by atoms with Crippen LogP contribution in [0.25, 0.3) is 0 Å². The molecule has 0 bridgehead atoms. The van der Waals surface area contributed by atoms with Crippen LogP contribution in [-0.4, -0.2) is 4.98 Å². The van der Waals surface area contributed by atoms with Gasteiger partial charge < -0.3 is 4.98 Å². The molecule has 0 spiro atoms. The van der Waals surface area contributed by atoms with Crippen molar-refractivity contribution in [3.05, 3.63) is 29.1 Å². The molecule has 0 fully saturated rings. The fourth-order valence-corrected chi connectivity index (χ4v) is 0.698. The van der Waals surface area contributed by atoms with Gasteiger partial charge in [-0.15, -0.1) is 5.56 Å². The van der Waals surface area contributed by atoms with E-state index in [-0.39, 0.29) is 32.7 Å². The number of rotatable bonds is 0. The molecule has 0 atom stereocenters. The maximum Gasteiger partial charge on any atom is 0 e. The van der Waals surface area contributed by atoms with E-state index in [1.165, 1.54) is 0 Å². The Kier molecular flexibility index (Phi) is 4.31. The Hall–Kier alpha value is 0.254. The van der Waals surface area contributed by atoms with Crippen LogP contribution in [0, 0.1) is 26.8 Å². The molecular formula is C8H10NY-. The number of nitrogens with zero attached hydrogens (tertiary/aromatic N) is 1. The molecule has 51 valence electrons. The van der Waals surface area contributed by atoms with Crippen molar-refractivity contribution in [1.82, 2.24) is 4.98 Å². The molecule has 1 rings (SSSR count). The van der Waals surface area contributed by atoms with Gasteiger partial charge in [-0.3, -0.25) is 0 Å². The molecule has 1 nitrogen and oxygen atoms in total. The Labute approximate surface area is 87.1 Å². The molecule has 0 unspecified atom stereocenters. The second kappa shape index (κ2) is 4.20. The van der Waals surface area contributed by atoms with Gasteiger partial charge in [-0.05, 0) is 0 Å². The number of hydrogen-bond donors (Lipinski definition) is 0. The third kappa shape index (κ3) is 2.47. The van der Waals surface area contributed by atoms with Crippen molar-refractivity contribution in [2.45, 2.75) is 20.8 Å². The third-order valence-electron chi connectivity index (χ3n) is 1.38. The van der Waals surface area contributed by atoms with Crippen LogP contribution in [0.15, 0.2) is 6.07 Å². The summed E-state index contributed by atoms with van der Waals surface area (Å²) in [6.07, 6.45) is 0. The quantitative estimate of drug-likeness (QED) is 0.593. The van der Waals surface area contributed by atoms with Crippen LogP contribution >= 0.6 is 0 Å². The van der Waals surface area contributed by atoms with Crippen LogP contribution in [0.5, 0.6) is 0 Å². The topological polar surface area (TPSA) is 12.9 Å². The molecule has 1 aromatic rings. The Bertz CT molecular complexity index is 220. The first-order chi connectivity index (χ1) is 4.20. The van der Waals surface area contributed by atoms with Gasteiger partial charge in [0.1, 0.15) is 0 Å². The van der Waals surface area contributed by atoms with E-state index in [0.717, 1.165) is 17.0 Å². The monoisotopic (exact) mass is 209 g/mol. The molecule has 0 aliphatic heterocycles. The average molecular weight is 209 g/mol. The van der Waals surface area contributed by atoms with E-state index in [1.54, 1.807) is 0 Å². The summed E-state index contributed by atoms with van der Waals surface area (Å²) in [4.78, 5) is 4.24. The van der Waals surface area contributed by atoms with Crippen LogP contribution in [0.3, 0.4) is 0 Å². The maximum atomic E-state index is 4.24. The van der Waals surface area contributed by atoms with Crippen LogP contribution in [0.1, 0.15) is 17.0 Å². The first-order valence-electron chi connectivity index (χ1n) is 3.02. The molecule has 2 heteroatoms. The summed E-state index contributed by atoms with van der Waals surface area (Å²) in [5.41, 5.74) is 3.26. The third-order valence-corrected chi connectivity index (χ3v) is 1.38. The minimum Gasteiger partial charge on any atom is -0.385 e. The second-order valence-corrected chi connectivity index (χ2v) is 2.25. The Balaban J connectivity index is 0.000000810. The molecule has 1 heterocycles. The predicted molar refractivity (Wildman–Crippen MR) is 37.3 cm³/mol. The van der Waals surface area contributed by atoms with Crippen molar-refractivity contribution in [2.24, 2.45) is 0 Å². The second-order valence-electron chi connectivity index (χ2n) is 2.25. The van der Waals surface area contributed by atoms with E-state index in [9.17, 15) is 0 Å². The summed E-state index contributed by atoms with van der Waals surface area (Å²) in [5.74, 6) is 0. The largest absolute Gasteiger partial charge is 0.385 e. The molecule has 0 aliphatic carbocycles. The minimum absolute atomic E-state index is 0. The van der Waals surface area contributed by atoms with E-state index in [2.05, 4.69) is 11.1 Å². The fourth-order valence-electron chi connectivity index (χ4n) is 0.698. The number of hydrogen-bond acceptors (Lipinski definition) is 1. The van der Waals surface area contributed by atoms with Gasteiger partial charge in [0.05, 0.1) is 0 Å². The van der Waals surface area contributed by atoms with Gasteiger partial charge in [-0.1, -0.05) is 32.2 Å². The van der Waals surface area contributed by atoms with Gasteiger partial charge in [0, 0.05) is 32.7 Å². The standard InChI is InChI=1S/C8H10N.Y/c1-6-4-5-7(2)9-8(6)3;/h5H,1-3H3;/q-1;. The van der Waals surface area contributed by atoms with Crippen molar-refractivity contribution in [2.75, 3.05) is 0 Å². The minimum atomic E-state index is 0. The van der Waals surface area contributed by atoms with Crippen molar-refractivity contribution in [1.29, 1.82) is 0 Å². The molecule has 1 aromatic heterocycles. The van der Waals surface area contributed by atoms with Crippen LogP contribution in [-0.2, 0) is 32.7 Å². The SMILES string of the molecule is Cc1c[c-]c(C)c(C)n1.[Y]. The summed E-state index contributed by atoms with van der Waals surface area (Å²) < 4.78 is 0. The Morgan fingerprint density at radius 3 is 2.30 bits per heavy atom. The van der Waals surface area contributed by atoms with E-state index in [4.69, 9.17) is 0 Å². The number of aromatic nitrogens is 1. The van der Waals surface area contributed by atoms with E-state index in [1.807, 2.05) is 26.8 Å². The summed E-state index contributed by atoms with van der Waals surface area (Å²) in [7, 11) is 0. The first-order valence-corrected chi connectivity index (χ1v) is 3.02. The van der Waals surface area contributed by atoms with Crippen molar-refractivity contribution in [3.63, 3.8) is 0 Å². The van der Waals surface area contributed by atoms with E-state index < -0.39 is 0 Å². The zero-order valence-corrected chi connectivity index (χ0v) is 9.44. The summed E-state index contributed by atoms with van der Waals surface area (Å²) in [6, 6.07) is 5.01. The Morgan fingerprint density at radius 1 is 1.30 bits per heavy atom. The smallest absolute Gasteiger partial charge is 0 e. The average Bonchev–Trinajstić information content (AvgIpc) is 1.80. The van der Waals surface area contributed by atoms with Gasteiger partial charge in [0.15, 0.2) is 0 Å². The van der Waals surface area contributed by atoms with E-state index in [0.29, 0.717) is 0 Å². The predicted octanol–water partition coefficient (Wildman–Crippen LogP) is 1.80. The Morgan fingerprint density at radius 2 is 1.90 bits per heavy atom. The molecular weight excluding hydrogens is 199 g/mol. The van der Waals surface area contributed by atoms with Crippen molar-refractivity contribution in [3.8, 4) is 0 Å². The van der Waals surface area contributed by atoms with Gasteiger partial charge in [0.2, 0.25) is 0 Å². The first kappa shape index (κ1) is 10.3. The fraction of sp³-hybridized carbons (Fsp3) is 0.375. The van der Waals surface area contributed by atoms with Gasteiger partial charge in [-0.2, -0.15) is 12.1 Å².